The van der Waals surface area contributed by atoms with E-state index in [0.29, 0.717) is 11.3 Å². The summed E-state index contributed by atoms with van der Waals surface area (Å²) in [5.74, 6) is -0.466. The number of nitrogens with one attached hydrogen (secondary N) is 1. The van der Waals surface area contributed by atoms with E-state index < -0.39 is 17.1 Å². The number of aromatic nitrogens is 2. The highest BCUT2D eigenvalue weighted by Gasteiger charge is 2.17. The monoisotopic (exact) mass is 370 g/mol. The highest BCUT2D eigenvalue weighted by atomic mass is 16.3. The third kappa shape index (κ3) is 2.93. The van der Waals surface area contributed by atoms with Crippen molar-refractivity contribution in [2.45, 2.75) is 6.42 Å². The lowest BCUT2D eigenvalue weighted by Gasteiger charge is -2.10. The molecule has 0 spiro atoms. The number of nitrogens with zero attached hydrogens (tertiary/aromatic N) is 3. The van der Waals surface area contributed by atoms with Crippen LogP contribution in [0.15, 0.2) is 63.1 Å². The fourth-order valence-electron chi connectivity index (χ4n) is 3.07. The Bertz CT molecular complexity index is 1290. The van der Waals surface area contributed by atoms with Crippen molar-refractivity contribution in [1.29, 1.82) is 5.26 Å². The molecule has 2 aromatic carbocycles. The van der Waals surface area contributed by atoms with E-state index in [1.807, 2.05) is 30.3 Å². The lowest BCUT2D eigenvalue weighted by Crippen LogP contribution is -2.30. The fourth-order valence-corrected chi connectivity index (χ4v) is 3.07. The molecule has 0 bridgehead atoms. The Morgan fingerprint density at radius 1 is 1.14 bits per heavy atom. The molecule has 1 aromatic heterocycles. The van der Waals surface area contributed by atoms with Gasteiger partial charge in [0.1, 0.15) is 5.56 Å². The summed E-state index contributed by atoms with van der Waals surface area (Å²) in [4.78, 5) is 31.2. The maximum Gasteiger partial charge on any atom is 0.335 e. The van der Waals surface area contributed by atoms with E-state index in [-0.39, 0.29) is 12.0 Å². The molecule has 7 nitrogen and oxygen atoms in total. The van der Waals surface area contributed by atoms with Crippen LogP contribution >= 0.6 is 0 Å². The van der Waals surface area contributed by atoms with E-state index in [0.717, 1.165) is 21.4 Å². The Kier molecular flexibility index (Phi) is 4.22. The van der Waals surface area contributed by atoms with Crippen molar-refractivity contribution in [1.82, 2.24) is 9.55 Å². The number of hydrogen-bond acceptors (Lipinski definition) is 5. The van der Waals surface area contributed by atoms with Crippen molar-refractivity contribution in [3.8, 4) is 17.6 Å². The van der Waals surface area contributed by atoms with Gasteiger partial charge in [-0.1, -0.05) is 30.3 Å². The summed E-state index contributed by atoms with van der Waals surface area (Å²) in [5, 5.41) is 19.5. The first-order valence-electron chi connectivity index (χ1n) is 8.48. The second-order valence-electron chi connectivity index (χ2n) is 6.21. The molecule has 1 aliphatic rings. The molecule has 0 saturated heterocycles. The van der Waals surface area contributed by atoms with Crippen LogP contribution in [0.25, 0.3) is 17.3 Å². The van der Waals surface area contributed by atoms with Crippen LogP contribution in [0.1, 0.15) is 16.7 Å². The number of aromatic amines is 1. The quantitative estimate of drug-likeness (QED) is 0.738. The van der Waals surface area contributed by atoms with E-state index in [4.69, 9.17) is 5.26 Å². The van der Waals surface area contributed by atoms with Crippen LogP contribution < -0.4 is 11.2 Å². The third-order valence-corrected chi connectivity index (χ3v) is 4.46. The largest absolute Gasteiger partial charge is 0.494 e. The molecule has 1 aliphatic heterocycles. The smallest absolute Gasteiger partial charge is 0.335 e. The van der Waals surface area contributed by atoms with Crippen molar-refractivity contribution >= 4 is 23.6 Å². The molecule has 0 saturated carbocycles. The third-order valence-electron chi connectivity index (χ3n) is 4.46. The van der Waals surface area contributed by atoms with Crippen molar-refractivity contribution in [3.05, 3.63) is 86.1 Å². The summed E-state index contributed by atoms with van der Waals surface area (Å²) in [6.07, 6.45) is 3.35. The van der Waals surface area contributed by atoms with Gasteiger partial charge in [0.2, 0.25) is 5.88 Å². The maximum absolute atomic E-state index is 12.3. The van der Waals surface area contributed by atoms with Gasteiger partial charge in [-0.05, 0) is 29.8 Å². The number of fused-ring (bicyclic) bond motifs is 1. The Hall–Kier alpha value is -4.18. The number of rotatable bonds is 3. The molecule has 136 valence electrons. The molecule has 3 aromatic rings. The molecule has 0 unspecified atom stereocenters. The minimum Gasteiger partial charge on any atom is -0.494 e. The van der Waals surface area contributed by atoms with Crippen molar-refractivity contribution < 1.29 is 5.11 Å². The average molecular weight is 370 g/mol. The summed E-state index contributed by atoms with van der Waals surface area (Å²) >= 11 is 0. The molecule has 0 fully saturated rings. The molecule has 2 heterocycles. The number of hydrogen-bond donors (Lipinski definition) is 2. The van der Waals surface area contributed by atoms with Crippen LogP contribution in [0.5, 0.6) is 5.88 Å². The molecular weight excluding hydrogens is 356 g/mol. The minimum atomic E-state index is -0.752. The minimum absolute atomic E-state index is 0.0427. The molecule has 0 amide bonds. The average Bonchev–Trinajstić information content (AvgIpc) is 3.09. The van der Waals surface area contributed by atoms with Crippen molar-refractivity contribution in [2.75, 3.05) is 0 Å². The van der Waals surface area contributed by atoms with Gasteiger partial charge in [-0.15, -0.1) is 0 Å². The van der Waals surface area contributed by atoms with Gasteiger partial charge in [-0.2, -0.15) is 5.26 Å². The molecule has 2 N–H and O–H groups in total. The van der Waals surface area contributed by atoms with Crippen LogP contribution in [0, 0.1) is 11.3 Å². The molecule has 0 radical (unpaired) electrons. The molecular formula is C21H14N4O3. The lowest BCUT2D eigenvalue weighted by atomic mass is 10.1. The Balaban J connectivity index is 1.85. The molecule has 0 aliphatic carbocycles. The van der Waals surface area contributed by atoms with Gasteiger partial charge >= 0.3 is 5.69 Å². The van der Waals surface area contributed by atoms with Gasteiger partial charge in [0.15, 0.2) is 0 Å². The summed E-state index contributed by atoms with van der Waals surface area (Å²) < 4.78 is 1.02. The van der Waals surface area contributed by atoms with E-state index in [2.05, 4.69) is 9.98 Å². The van der Waals surface area contributed by atoms with Crippen LogP contribution in [0.2, 0.25) is 0 Å². The highest BCUT2D eigenvalue weighted by molar-refractivity contribution is 6.21. The predicted molar refractivity (Wildman–Crippen MR) is 106 cm³/mol. The summed E-state index contributed by atoms with van der Waals surface area (Å²) in [6.45, 7) is 0. The predicted octanol–water partition coefficient (Wildman–Crippen LogP) is 2.55. The van der Waals surface area contributed by atoms with Gasteiger partial charge < -0.3 is 5.11 Å². The second kappa shape index (κ2) is 6.85. The van der Waals surface area contributed by atoms with Crippen molar-refractivity contribution in [3.63, 3.8) is 0 Å². The first-order valence-corrected chi connectivity index (χ1v) is 8.48. The number of nitriles is 1. The number of aliphatic imine (C=N–C) groups is 1. The first kappa shape index (κ1) is 17.2. The topological polar surface area (TPSA) is 111 Å². The zero-order valence-electron chi connectivity index (χ0n) is 14.6. The van der Waals surface area contributed by atoms with Gasteiger partial charge in [0.05, 0.1) is 23.9 Å². The number of H-pyrrole nitrogens is 1. The van der Waals surface area contributed by atoms with Crippen LogP contribution in [0.4, 0.5) is 5.69 Å². The van der Waals surface area contributed by atoms with Crippen molar-refractivity contribution in [2.24, 2.45) is 4.99 Å². The van der Waals surface area contributed by atoms with Crippen LogP contribution in [-0.4, -0.2) is 20.9 Å². The molecule has 0 atom stereocenters. The summed E-state index contributed by atoms with van der Waals surface area (Å²) in [7, 11) is 0. The SMILES string of the molecule is N#CCc1ccc(-n2c(O)c(C=C3C=Nc4ccccc43)c(=O)[nH]c2=O)cc1. The fraction of sp³-hybridized carbons (Fsp3) is 0.0476. The van der Waals surface area contributed by atoms with E-state index in [9.17, 15) is 14.7 Å². The zero-order chi connectivity index (χ0) is 19.7. The second-order valence-corrected chi connectivity index (χ2v) is 6.21. The summed E-state index contributed by atoms with van der Waals surface area (Å²) in [5.41, 5.74) is 1.93. The van der Waals surface area contributed by atoms with E-state index in [1.165, 1.54) is 6.08 Å². The van der Waals surface area contributed by atoms with Crippen LogP contribution in [0.3, 0.4) is 0 Å². The van der Waals surface area contributed by atoms with Gasteiger partial charge in [-0.3, -0.25) is 14.8 Å². The van der Waals surface area contributed by atoms with Gasteiger partial charge in [-0.25, -0.2) is 9.36 Å². The molecule has 7 heteroatoms. The number of para-hydroxylation sites is 1. The Morgan fingerprint density at radius 3 is 2.64 bits per heavy atom. The van der Waals surface area contributed by atoms with E-state index in [1.54, 1.807) is 30.5 Å². The zero-order valence-corrected chi connectivity index (χ0v) is 14.6. The number of allylic oxidation sites excluding steroid dienone is 1. The standard InChI is InChI=1S/C21H14N4O3/c22-10-9-13-5-7-15(8-6-13)25-20(27)17(19(26)24-21(25)28)11-14-12-23-18-4-2-1-3-16(14)18/h1-8,11-12,27H,9H2,(H,24,26,28). The Labute approximate surface area is 159 Å². The van der Waals surface area contributed by atoms with Crippen LogP contribution in [-0.2, 0) is 6.42 Å². The number of aromatic hydroxyl groups is 1. The van der Waals surface area contributed by atoms with Gasteiger partial charge in [0.25, 0.3) is 5.56 Å². The summed E-state index contributed by atoms with van der Waals surface area (Å²) in [6, 6.07) is 16.1. The first-order chi connectivity index (χ1) is 13.6. The normalized spacial score (nSPS) is 13.5. The lowest BCUT2D eigenvalue weighted by molar-refractivity contribution is 0.429. The number of benzene rings is 2. The maximum atomic E-state index is 12.3. The van der Waals surface area contributed by atoms with E-state index >= 15 is 0 Å². The molecule has 28 heavy (non-hydrogen) atoms. The Morgan fingerprint density at radius 2 is 1.89 bits per heavy atom. The highest BCUT2D eigenvalue weighted by Crippen LogP contribution is 2.32. The molecule has 4 rings (SSSR count). The van der Waals surface area contributed by atoms with Gasteiger partial charge in [0, 0.05) is 17.4 Å².